The van der Waals surface area contributed by atoms with Crippen LogP contribution in [-0.4, -0.2) is 5.78 Å². The van der Waals surface area contributed by atoms with E-state index in [2.05, 4.69) is 0 Å². The molecule has 0 aliphatic carbocycles. The third-order valence-corrected chi connectivity index (χ3v) is 2.59. The first-order valence-electron chi connectivity index (χ1n) is 5.37. The number of hydrogen-bond acceptors (Lipinski definition) is 4. The van der Waals surface area contributed by atoms with Gasteiger partial charge in [0.1, 0.15) is 5.76 Å². The Kier molecular flexibility index (Phi) is 3.14. The Hall–Kier alpha value is -2.23. The quantitative estimate of drug-likeness (QED) is 0.623. The van der Waals surface area contributed by atoms with Crippen LogP contribution in [0.1, 0.15) is 22.5 Å². The summed E-state index contributed by atoms with van der Waals surface area (Å²) in [5, 5.41) is 0. The molecule has 4 nitrogen and oxygen atoms in total. The Morgan fingerprint density at radius 3 is 2.65 bits per heavy atom. The third-order valence-electron chi connectivity index (χ3n) is 2.59. The van der Waals surface area contributed by atoms with Crippen LogP contribution in [0.5, 0.6) is 0 Å². The molecule has 2 aromatic rings. The summed E-state index contributed by atoms with van der Waals surface area (Å²) in [5.41, 5.74) is 12.8. The SMILES string of the molecule is Nc1ccc(C(=O)CCc2ccco2)cc1N. The van der Waals surface area contributed by atoms with Gasteiger partial charge in [0.15, 0.2) is 5.78 Å². The number of rotatable bonds is 4. The zero-order valence-corrected chi connectivity index (χ0v) is 9.35. The summed E-state index contributed by atoms with van der Waals surface area (Å²) < 4.78 is 5.17. The molecule has 0 spiro atoms. The topological polar surface area (TPSA) is 82.2 Å². The Bertz CT molecular complexity index is 518. The second-order valence-electron chi connectivity index (χ2n) is 3.85. The minimum Gasteiger partial charge on any atom is -0.469 e. The number of Topliss-reactive ketones (excluding diaryl/α,β-unsaturated/α-hetero) is 1. The summed E-state index contributed by atoms with van der Waals surface area (Å²) in [6, 6.07) is 8.61. The van der Waals surface area contributed by atoms with Crippen molar-refractivity contribution in [2.24, 2.45) is 0 Å². The lowest BCUT2D eigenvalue weighted by atomic mass is 10.0. The van der Waals surface area contributed by atoms with E-state index in [1.54, 1.807) is 30.5 Å². The van der Waals surface area contributed by atoms with Crippen LogP contribution in [0.4, 0.5) is 11.4 Å². The normalized spacial score (nSPS) is 10.4. The van der Waals surface area contributed by atoms with E-state index in [1.807, 2.05) is 6.07 Å². The third kappa shape index (κ3) is 2.66. The van der Waals surface area contributed by atoms with E-state index in [0.717, 1.165) is 5.76 Å². The van der Waals surface area contributed by atoms with E-state index in [-0.39, 0.29) is 5.78 Å². The highest BCUT2D eigenvalue weighted by Gasteiger charge is 2.08. The smallest absolute Gasteiger partial charge is 0.163 e. The van der Waals surface area contributed by atoms with E-state index in [4.69, 9.17) is 15.9 Å². The van der Waals surface area contributed by atoms with Crippen LogP contribution in [0.2, 0.25) is 0 Å². The number of anilines is 2. The average Bonchev–Trinajstić information content (AvgIpc) is 2.82. The molecule has 1 heterocycles. The Labute approximate surface area is 99.2 Å². The van der Waals surface area contributed by atoms with Crippen molar-refractivity contribution in [2.75, 3.05) is 11.5 Å². The highest BCUT2D eigenvalue weighted by molar-refractivity contribution is 5.97. The molecular formula is C13H14N2O2. The Balaban J connectivity index is 2.02. The van der Waals surface area contributed by atoms with Crippen molar-refractivity contribution in [3.63, 3.8) is 0 Å². The number of carbonyl (C=O) groups is 1. The zero-order valence-electron chi connectivity index (χ0n) is 9.35. The molecule has 0 aliphatic rings. The molecule has 0 radical (unpaired) electrons. The van der Waals surface area contributed by atoms with Crippen LogP contribution in [0.3, 0.4) is 0 Å². The molecule has 4 N–H and O–H groups in total. The minimum absolute atomic E-state index is 0.0353. The molecule has 0 amide bonds. The average molecular weight is 230 g/mol. The van der Waals surface area contributed by atoms with Gasteiger partial charge in [-0.05, 0) is 30.3 Å². The van der Waals surface area contributed by atoms with Gasteiger partial charge in [0, 0.05) is 18.4 Å². The van der Waals surface area contributed by atoms with Crippen molar-refractivity contribution in [1.29, 1.82) is 0 Å². The molecule has 4 heteroatoms. The molecule has 88 valence electrons. The molecule has 1 aromatic carbocycles. The maximum atomic E-state index is 11.9. The monoisotopic (exact) mass is 230 g/mol. The van der Waals surface area contributed by atoms with E-state index in [0.29, 0.717) is 29.8 Å². The molecule has 0 atom stereocenters. The maximum absolute atomic E-state index is 11.9. The van der Waals surface area contributed by atoms with Gasteiger partial charge in [-0.15, -0.1) is 0 Å². The van der Waals surface area contributed by atoms with Crippen LogP contribution < -0.4 is 11.5 Å². The molecule has 0 saturated heterocycles. The molecule has 0 saturated carbocycles. The summed E-state index contributed by atoms with van der Waals surface area (Å²) in [4.78, 5) is 11.9. The fourth-order valence-corrected chi connectivity index (χ4v) is 1.58. The van der Waals surface area contributed by atoms with Crippen molar-refractivity contribution < 1.29 is 9.21 Å². The second-order valence-corrected chi connectivity index (χ2v) is 3.85. The standard InChI is InChI=1S/C13H14N2O2/c14-11-5-3-9(8-12(11)15)13(16)6-4-10-2-1-7-17-10/h1-3,5,7-8H,4,6,14-15H2. The molecule has 1 aromatic heterocycles. The van der Waals surface area contributed by atoms with Gasteiger partial charge in [0.05, 0.1) is 17.6 Å². The van der Waals surface area contributed by atoms with Gasteiger partial charge in [-0.25, -0.2) is 0 Å². The zero-order chi connectivity index (χ0) is 12.3. The van der Waals surface area contributed by atoms with Crippen molar-refractivity contribution >= 4 is 17.2 Å². The molecule has 2 rings (SSSR count). The van der Waals surface area contributed by atoms with Gasteiger partial charge < -0.3 is 15.9 Å². The number of furan rings is 1. The number of aryl methyl sites for hydroxylation is 1. The van der Waals surface area contributed by atoms with E-state index >= 15 is 0 Å². The molecule has 0 fully saturated rings. The summed E-state index contributed by atoms with van der Waals surface area (Å²) in [6.45, 7) is 0. The van der Waals surface area contributed by atoms with Crippen LogP contribution in [0, 0.1) is 0 Å². The highest BCUT2D eigenvalue weighted by atomic mass is 16.3. The number of nitrogen functional groups attached to an aromatic ring is 2. The van der Waals surface area contributed by atoms with E-state index < -0.39 is 0 Å². The van der Waals surface area contributed by atoms with Crippen molar-refractivity contribution in [3.8, 4) is 0 Å². The number of hydrogen-bond donors (Lipinski definition) is 2. The first-order chi connectivity index (χ1) is 8.16. The lowest BCUT2D eigenvalue weighted by Gasteiger charge is -2.03. The summed E-state index contributed by atoms with van der Waals surface area (Å²) >= 11 is 0. The number of ketones is 1. The molecule has 17 heavy (non-hydrogen) atoms. The summed E-state index contributed by atoms with van der Waals surface area (Å²) in [5.74, 6) is 0.842. The minimum atomic E-state index is 0.0353. The fraction of sp³-hybridized carbons (Fsp3) is 0.154. The number of benzene rings is 1. The first kappa shape index (κ1) is 11.3. The van der Waals surface area contributed by atoms with E-state index in [9.17, 15) is 4.79 Å². The van der Waals surface area contributed by atoms with Crippen molar-refractivity contribution in [1.82, 2.24) is 0 Å². The molecule has 0 unspecified atom stereocenters. The second kappa shape index (κ2) is 4.74. The predicted octanol–water partition coefficient (Wildman–Crippen LogP) is 2.26. The van der Waals surface area contributed by atoms with Crippen LogP contribution in [-0.2, 0) is 6.42 Å². The fourth-order valence-electron chi connectivity index (χ4n) is 1.58. The van der Waals surface area contributed by atoms with Crippen molar-refractivity contribution in [3.05, 3.63) is 47.9 Å². The predicted molar refractivity (Wildman–Crippen MR) is 66.6 cm³/mol. The van der Waals surface area contributed by atoms with Gasteiger partial charge in [0.25, 0.3) is 0 Å². The number of nitrogens with two attached hydrogens (primary N) is 2. The lowest BCUT2D eigenvalue weighted by Crippen LogP contribution is -2.03. The molecule has 0 bridgehead atoms. The summed E-state index contributed by atoms with van der Waals surface area (Å²) in [6.07, 6.45) is 2.59. The van der Waals surface area contributed by atoms with Gasteiger partial charge in [0.2, 0.25) is 0 Å². The van der Waals surface area contributed by atoms with Gasteiger partial charge in [-0.1, -0.05) is 0 Å². The van der Waals surface area contributed by atoms with Crippen LogP contribution in [0.25, 0.3) is 0 Å². The first-order valence-corrected chi connectivity index (χ1v) is 5.37. The van der Waals surface area contributed by atoms with E-state index in [1.165, 1.54) is 0 Å². The highest BCUT2D eigenvalue weighted by Crippen LogP contribution is 2.17. The van der Waals surface area contributed by atoms with Crippen LogP contribution >= 0.6 is 0 Å². The largest absolute Gasteiger partial charge is 0.469 e. The number of carbonyl (C=O) groups excluding carboxylic acids is 1. The van der Waals surface area contributed by atoms with Gasteiger partial charge >= 0.3 is 0 Å². The summed E-state index contributed by atoms with van der Waals surface area (Å²) in [7, 11) is 0. The molecular weight excluding hydrogens is 216 g/mol. The molecule has 0 aliphatic heterocycles. The Morgan fingerprint density at radius 2 is 2.00 bits per heavy atom. The Morgan fingerprint density at radius 1 is 1.18 bits per heavy atom. The van der Waals surface area contributed by atoms with Crippen LogP contribution in [0.15, 0.2) is 41.0 Å². The van der Waals surface area contributed by atoms with Crippen molar-refractivity contribution in [2.45, 2.75) is 12.8 Å². The van der Waals surface area contributed by atoms with Gasteiger partial charge in [-0.2, -0.15) is 0 Å². The maximum Gasteiger partial charge on any atom is 0.163 e. The lowest BCUT2D eigenvalue weighted by molar-refractivity contribution is 0.0981. The van der Waals surface area contributed by atoms with Gasteiger partial charge in [-0.3, -0.25) is 4.79 Å².